The fraction of sp³-hybridized carbons (Fsp3) is 0.600. The van der Waals surface area contributed by atoms with Gasteiger partial charge in [-0.1, -0.05) is 25.7 Å². The Bertz CT molecular complexity index is 373. The van der Waals surface area contributed by atoms with Crippen LogP contribution in [0.1, 0.15) is 38.5 Å². The minimum atomic E-state index is 0.825. The summed E-state index contributed by atoms with van der Waals surface area (Å²) in [5, 5.41) is 3.56. The normalized spacial score (nSPS) is 17.2. The van der Waals surface area contributed by atoms with Crippen LogP contribution in [0.2, 0.25) is 0 Å². The molecule has 0 unspecified atom stereocenters. The third-order valence-corrected chi connectivity index (χ3v) is 4.42. The molecule has 100 valence electrons. The molecule has 2 nitrogen and oxygen atoms in total. The van der Waals surface area contributed by atoms with Gasteiger partial charge in [0.2, 0.25) is 0 Å². The largest absolute Gasteiger partial charge is 0.497 e. The second-order valence-electron chi connectivity index (χ2n) is 5.08. The molecule has 1 fully saturated rings. The van der Waals surface area contributed by atoms with Gasteiger partial charge < -0.3 is 10.1 Å². The Labute approximate surface area is 118 Å². The number of hydrogen-bond donors (Lipinski definition) is 1. The van der Waals surface area contributed by atoms with E-state index in [-0.39, 0.29) is 0 Å². The van der Waals surface area contributed by atoms with E-state index in [0.29, 0.717) is 0 Å². The summed E-state index contributed by atoms with van der Waals surface area (Å²) in [6, 6.07) is 6.07. The number of ether oxygens (including phenoxy) is 1. The van der Waals surface area contributed by atoms with Crippen molar-refractivity contribution in [2.45, 2.75) is 38.5 Å². The van der Waals surface area contributed by atoms with E-state index < -0.39 is 0 Å². The van der Waals surface area contributed by atoms with Crippen LogP contribution in [0.4, 0.5) is 5.69 Å². The van der Waals surface area contributed by atoms with E-state index in [4.69, 9.17) is 4.74 Å². The number of hydrogen-bond acceptors (Lipinski definition) is 2. The maximum Gasteiger partial charge on any atom is 0.121 e. The SMILES string of the molecule is COc1ccc(Br)c(NCC2CCCCCC2)c1. The van der Waals surface area contributed by atoms with E-state index in [0.717, 1.165) is 28.4 Å². The summed E-state index contributed by atoms with van der Waals surface area (Å²) in [6.45, 7) is 1.08. The molecule has 0 spiro atoms. The Kier molecular flexibility index (Phi) is 5.36. The first-order chi connectivity index (χ1) is 8.79. The van der Waals surface area contributed by atoms with Crippen molar-refractivity contribution in [2.24, 2.45) is 5.92 Å². The Morgan fingerprint density at radius 2 is 1.94 bits per heavy atom. The first kappa shape index (κ1) is 13.7. The zero-order valence-electron chi connectivity index (χ0n) is 11.0. The number of rotatable bonds is 4. The molecule has 3 heteroatoms. The molecule has 1 saturated carbocycles. The molecule has 0 aliphatic heterocycles. The van der Waals surface area contributed by atoms with Crippen molar-refractivity contribution in [1.29, 1.82) is 0 Å². The van der Waals surface area contributed by atoms with Gasteiger partial charge in [0.05, 0.1) is 12.8 Å². The maximum atomic E-state index is 5.26. The first-order valence-corrected chi connectivity index (χ1v) is 7.66. The highest BCUT2D eigenvalue weighted by atomic mass is 79.9. The first-order valence-electron chi connectivity index (χ1n) is 6.87. The van der Waals surface area contributed by atoms with E-state index >= 15 is 0 Å². The van der Waals surface area contributed by atoms with Gasteiger partial charge in [-0.05, 0) is 46.8 Å². The van der Waals surface area contributed by atoms with Gasteiger partial charge in [-0.15, -0.1) is 0 Å². The van der Waals surface area contributed by atoms with Crippen molar-refractivity contribution in [1.82, 2.24) is 0 Å². The van der Waals surface area contributed by atoms with Crippen molar-refractivity contribution >= 4 is 21.6 Å². The molecular weight excluding hydrogens is 290 g/mol. The molecular formula is C15H22BrNO. The van der Waals surface area contributed by atoms with Gasteiger partial charge >= 0.3 is 0 Å². The Morgan fingerprint density at radius 3 is 2.61 bits per heavy atom. The smallest absolute Gasteiger partial charge is 0.121 e. The predicted octanol–water partition coefficient (Wildman–Crippen LogP) is 4.84. The van der Waals surface area contributed by atoms with Crippen molar-refractivity contribution < 1.29 is 4.74 Å². The van der Waals surface area contributed by atoms with Gasteiger partial charge in [-0.3, -0.25) is 0 Å². The highest BCUT2D eigenvalue weighted by Gasteiger charge is 2.12. The van der Waals surface area contributed by atoms with Gasteiger partial charge in [0, 0.05) is 17.1 Å². The van der Waals surface area contributed by atoms with Crippen LogP contribution in [0.25, 0.3) is 0 Å². The lowest BCUT2D eigenvalue weighted by atomic mass is 10.0. The highest BCUT2D eigenvalue weighted by molar-refractivity contribution is 9.10. The molecule has 0 radical (unpaired) electrons. The molecule has 1 aromatic rings. The number of benzene rings is 1. The minimum Gasteiger partial charge on any atom is -0.497 e. The summed E-state index contributed by atoms with van der Waals surface area (Å²) >= 11 is 3.58. The molecule has 0 amide bonds. The molecule has 0 atom stereocenters. The maximum absolute atomic E-state index is 5.26. The molecule has 0 heterocycles. The van der Waals surface area contributed by atoms with E-state index in [1.54, 1.807) is 7.11 Å². The molecule has 0 bridgehead atoms. The number of methoxy groups -OCH3 is 1. The summed E-state index contributed by atoms with van der Waals surface area (Å²) in [4.78, 5) is 0. The highest BCUT2D eigenvalue weighted by Crippen LogP contribution is 2.29. The van der Waals surface area contributed by atoms with Crippen LogP contribution >= 0.6 is 15.9 Å². The molecule has 1 aliphatic carbocycles. The Hall–Kier alpha value is -0.700. The summed E-state index contributed by atoms with van der Waals surface area (Å²) < 4.78 is 6.37. The Balaban J connectivity index is 1.92. The van der Waals surface area contributed by atoms with Gasteiger partial charge in [0.1, 0.15) is 5.75 Å². The molecule has 0 saturated heterocycles. The predicted molar refractivity (Wildman–Crippen MR) is 80.4 cm³/mol. The number of halogens is 1. The summed E-state index contributed by atoms with van der Waals surface area (Å²) in [7, 11) is 1.71. The third kappa shape index (κ3) is 3.91. The molecule has 0 aromatic heterocycles. The van der Waals surface area contributed by atoms with Crippen molar-refractivity contribution in [3.05, 3.63) is 22.7 Å². The fourth-order valence-electron chi connectivity index (χ4n) is 2.59. The van der Waals surface area contributed by atoms with E-state index in [9.17, 15) is 0 Å². The molecule has 1 aliphatic rings. The lowest BCUT2D eigenvalue weighted by molar-refractivity contribution is 0.415. The standard InChI is InChI=1S/C15H22BrNO/c1-18-13-8-9-14(16)15(10-13)17-11-12-6-4-2-3-5-7-12/h8-10,12,17H,2-7,11H2,1H3. The summed E-state index contributed by atoms with van der Waals surface area (Å²) in [5.74, 6) is 1.73. The van der Waals surface area contributed by atoms with E-state index in [2.05, 4.69) is 27.3 Å². The van der Waals surface area contributed by atoms with E-state index in [1.807, 2.05) is 12.1 Å². The van der Waals surface area contributed by atoms with Crippen LogP contribution < -0.4 is 10.1 Å². The molecule has 1 aromatic carbocycles. The van der Waals surface area contributed by atoms with Crippen LogP contribution in [0.15, 0.2) is 22.7 Å². The average Bonchev–Trinajstić information content (AvgIpc) is 2.66. The lowest BCUT2D eigenvalue weighted by Crippen LogP contribution is -2.13. The average molecular weight is 312 g/mol. The van der Waals surface area contributed by atoms with Gasteiger partial charge in [-0.25, -0.2) is 0 Å². The second kappa shape index (κ2) is 7.03. The quantitative estimate of drug-likeness (QED) is 0.803. The summed E-state index contributed by atoms with van der Waals surface area (Å²) in [5.41, 5.74) is 1.14. The minimum absolute atomic E-state index is 0.825. The number of nitrogens with one attached hydrogen (secondary N) is 1. The van der Waals surface area contributed by atoms with Gasteiger partial charge in [0.15, 0.2) is 0 Å². The van der Waals surface area contributed by atoms with Crippen LogP contribution in [0, 0.1) is 5.92 Å². The van der Waals surface area contributed by atoms with Crippen LogP contribution in [0.5, 0.6) is 5.75 Å². The third-order valence-electron chi connectivity index (χ3n) is 3.73. The van der Waals surface area contributed by atoms with Gasteiger partial charge in [0.25, 0.3) is 0 Å². The van der Waals surface area contributed by atoms with Crippen LogP contribution in [-0.2, 0) is 0 Å². The van der Waals surface area contributed by atoms with Crippen LogP contribution in [0.3, 0.4) is 0 Å². The lowest BCUT2D eigenvalue weighted by Gasteiger charge is -2.17. The molecule has 1 N–H and O–H groups in total. The number of anilines is 1. The van der Waals surface area contributed by atoms with Crippen molar-refractivity contribution in [3.63, 3.8) is 0 Å². The van der Waals surface area contributed by atoms with Gasteiger partial charge in [-0.2, -0.15) is 0 Å². The zero-order valence-corrected chi connectivity index (χ0v) is 12.6. The van der Waals surface area contributed by atoms with Crippen molar-refractivity contribution in [3.8, 4) is 5.75 Å². The molecule has 2 rings (SSSR count). The van der Waals surface area contributed by atoms with Crippen LogP contribution in [-0.4, -0.2) is 13.7 Å². The topological polar surface area (TPSA) is 21.3 Å². The van der Waals surface area contributed by atoms with Crippen molar-refractivity contribution in [2.75, 3.05) is 19.0 Å². The molecule has 18 heavy (non-hydrogen) atoms. The monoisotopic (exact) mass is 311 g/mol. The van der Waals surface area contributed by atoms with E-state index in [1.165, 1.54) is 38.5 Å². The second-order valence-corrected chi connectivity index (χ2v) is 5.94. The fourth-order valence-corrected chi connectivity index (χ4v) is 2.98. The zero-order chi connectivity index (χ0) is 12.8. The summed E-state index contributed by atoms with van der Waals surface area (Å²) in [6.07, 6.45) is 8.36. The Morgan fingerprint density at radius 1 is 1.22 bits per heavy atom.